The highest BCUT2D eigenvalue weighted by atomic mass is 16.5. The van der Waals surface area contributed by atoms with Crippen molar-refractivity contribution in [3.8, 4) is 5.75 Å². The van der Waals surface area contributed by atoms with Gasteiger partial charge in [-0.15, -0.1) is 0 Å². The Balaban J connectivity index is 1.75. The van der Waals surface area contributed by atoms with Crippen molar-refractivity contribution in [2.45, 2.75) is 26.3 Å². The van der Waals surface area contributed by atoms with Crippen LogP contribution in [0.2, 0.25) is 0 Å². The number of ether oxygens (including phenoxy) is 1. The summed E-state index contributed by atoms with van der Waals surface area (Å²) in [6, 6.07) is 15.0. The van der Waals surface area contributed by atoms with Gasteiger partial charge < -0.3 is 19.9 Å². The maximum atomic E-state index is 12.6. The molecule has 7 nitrogen and oxygen atoms in total. The molecule has 2 amide bonds. The van der Waals surface area contributed by atoms with E-state index in [1.807, 2.05) is 47.0 Å². The van der Waals surface area contributed by atoms with E-state index >= 15 is 0 Å². The van der Waals surface area contributed by atoms with Crippen LogP contribution >= 0.6 is 0 Å². The lowest BCUT2D eigenvalue weighted by molar-refractivity contribution is -0.119. The Morgan fingerprint density at radius 3 is 2.75 bits per heavy atom. The number of imidazole rings is 1. The molecule has 0 aliphatic rings. The van der Waals surface area contributed by atoms with Crippen LogP contribution in [0.3, 0.4) is 0 Å². The van der Waals surface area contributed by atoms with Crippen LogP contribution in [0.1, 0.15) is 19.2 Å². The summed E-state index contributed by atoms with van der Waals surface area (Å²) in [5, 5.41) is 5.69. The first-order valence-electron chi connectivity index (χ1n) is 9.19. The molecule has 0 aliphatic carbocycles. The van der Waals surface area contributed by atoms with Crippen LogP contribution in [0.25, 0.3) is 11.0 Å². The first-order valence-corrected chi connectivity index (χ1v) is 9.19. The fourth-order valence-electron chi connectivity index (χ4n) is 3.05. The van der Waals surface area contributed by atoms with Gasteiger partial charge in [0.2, 0.25) is 11.8 Å². The zero-order valence-electron chi connectivity index (χ0n) is 16.1. The molecule has 2 aromatic carbocycles. The largest absolute Gasteiger partial charge is 0.497 e. The third-order valence-electron chi connectivity index (χ3n) is 4.34. The van der Waals surface area contributed by atoms with Crippen LogP contribution in [0.5, 0.6) is 5.75 Å². The number of nitrogens with one attached hydrogen (secondary N) is 2. The molecular formula is C21H24N4O3. The van der Waals surface area contributed by atoms with Gasteiger partial charge in [0, 0.05) is 31.6 Å². The fourth-order valence-corrected chi connectivity index (χ4v) is 3.05. The molecule has 2 N–H and O–H groups in total. The molecule has 146 valence electrons. The van der Waals surface area contributed by atoms with E-state index in [1.165, 1.54) is 6.92 Å². The predicted octanol–water partition coefficient (Wildman–Crippen LogP) is 2.75. The van der Waals surface area contributed by atoms with Gasteiger partial charge in [0.25, 0.3) is 0 Å². The standard InChI is InChI=1S/C21H24N4O3/c1-15(26)22-12-6-11-20-24-18-9-3-4-10-19(18)25(20)14-21(27)23-16-7-5-8-17(13-16)28-2/h3-5,7-10,13H,6,11-12,14H2,1-2H3,(H,22,26)(H,23,27). The lowest BCUT2D eigenvalue weighted by atomic mass is 10.2. The van der Waals surface area contributed by atoms with Crippen molar-refractivity contribution in [1.29, 1.82) is 0 Å². The number of para-hydroxylation sites is 2. The number of nitrogens with zero attached hydrogens (tertiary/aromatic N) is 2. The molecule has 28 heavy (non-hydrogen) atoms. The zero-order valence-corrected chi connectivity index (χ0v) is 16.1. The van der Waals surface area contributed by atoms with Crippen LogP contribution in [0.15, 0.2) is 48.5 Å². The van der Waals surface area contributed by atoms with Gasteiger partial charge in [-0.25, -0.2) is 4.98 Å². The number of anilines is 1. The molecule has 0 bridgehead atoms. The van der Waals surface area contributed by atoms with E-state index in [-0.39, 0.29) is 18.4 Å². The van der Waals surface area contributed by atoms with E-state index in [0.717, 1.165) is 23.3 Å². The monoisotopic (exact) mass is 380 g/mol. The molecule has 1 heterocycles. The van der Waals surface area contributed by atoms with Gasteiger partial charge in [-0.05, 0) is 30.7 Å². The van der Waals surface area contributed by atoms with E-state index in [9.17, 15) is 9.59 Å². The number of methoxy groups -OCH3 is 1. The summed E-state index contributed by atoms with van der Waals surface area (Å²) in [4.78, 5) is 28.3. The molecule has 0 atom stereocenters. The number of aryl methyl sites for hydroxylation is 1. The molecular weight excluding hydrogens is 356 g/mol. The molecule has 3 rings (SSSR count). The number of rotatable bonds is 8. The van der Waals surface area contributed by atoms with E-state index in [4.69, 9.17) is 4.74 Å². The lowest BCUT2D eigenvalue weighted by Crippen LogP contribution is -2.23. The Morgan fingerprint density at radius 1 is 1.14 bits per heavy atom. The van der Waals surface area contributed by atoms with Gasteiger partial charge in [-0.1, -0.05) is 18.2 Å². The minimum atomic E-state index is -0.139. The topological polar surface area (TPSA) is 85.2 Å². The average molecular weight is 380 g/mol. The minimum Gasteiger partial charge on any atom is -0.497 e. The highest BCUT2D eigenvalue weighted by Gasteiger charge is 2.14. The summed E-state index contributed by atoms with van der Waals surface area (Å²) in [7, 11) is 1.59. The lowest BCUT2D eigenvalue weighted by Gasteiger charge is -2.11. The molecule has 0 aliphatic heterocycles. The van der Waals surface area contributed by atoms with Crippen molar-refractivity contribution in [1.82, 2.24) is 14.9 Å². The van der Waals surface area contributed by atoms with Crippen molar-refractivity contribution >= 4 is 28.5 Å². The molecule has 0 fully saturated rings. The summed E-state index contributed by atoms with van der Waals surface area (Å²) in [6.45, 7) is 2.24. The van der Waals surface area contributed by atoms with Crippen molar-refractivity contribution < 1.29 is 14.3 Å². The molecule has 0 unspecified atom stereocenters. The number of carbonyl (C=O) groups excluding carboxylic acids is 2. The Labute approximate surface area is 163 Å². The van der Waals surface area contributed by atoms with Crippen molar-refractivity contribution in [2.75, 3.05) is 19.0 Å². The van der Waals surface area contributed by atoms with Gasteiger partial charge in [-0.2, -0.15) is 0 Å². The third kappa shape index (κ3) is 4.88. The summed E-state index contributed by atoms with van der Waals surface area (Å²) in [5.41, 5.74) is 2.45. The number of hydrogen-bond acceptors (Lipinski definition) is 4. The highest BCUT2D eigenvalue weighted by molar-refractivity contribution is 5.92. The van der Waals surface area contributed by atoms with Crippen molar-refractivity contribution in [2.24, 2.45) is 0 Å². The average Bonchev–Trinajstić information content (AvgIpc) is 3.02. The molecule has 7 heteroatoms. The third-order valence-corrected chi connectivity index (χ3v) is 4.34. The number of aromatic nitrogens is 2. The highest BCUT2D eigenvalue weighted by Crippen LogP contribution is 2.19. The molecule has 3 aromatic rings. The number of carbonyl (C=O) groups is 2. The van der Waals surface area contributed by atoms with E-state index in [1.54, 1.807) is 13.2 Å². The van der Waals surface area contributed by atoms with Gasteiger partial charge in [0.1, 0.15) is 18.1 Å². The number of amides is 2. The second-order valence-electron chi connectivity index (χ2n) is 6.47. The molecule has 0 radical (unpaired) electrons. The number of benzene rings is 2. The maximum Gasteiger partial charge on any atom is 0.244 e. The first-order chi connectivity index (χ1) is 13.6. The second-order valence-corrected chi connectivity index (χ2v) is 6.47. The summed E-state index contributed by atoms with van der Waals surface area (Å²) < 4.78 is 7.12. The van der Waals surface area contributed by atoms with E-state index in [2.05, 4.69) is 15.6 Å². The Hall–Kier alpha value is -3.35. The van der Waals surface area contributed by atoms with E-state index in [0.29, 0.717) is 24.4 Å². The predicted molar refractivity (Wildman–Crippen MR) is 108 cm³/mol. The quantitative estimate of drug-likeness (QED) is 0.589. The van der Waals surface area contributed by atoms with Crippen LogP contribution in [-0.2, 0) is 22.6 Å². The minimum absolute atomic E-state index is 0.0498. The normalized spacial score (nSPS) is 10.6. The second kappa shape index (κ2) is 9.03. The van der Waals surface area contributed by atoms with Crippen LogP contribution in [0.4, 0.5) is 5.69 Å². The molecule has 0 spiro atoms. The molecule has 1 aromatic heterocycles. The van der Waals surface area contributed by atoms with Crippen LogP contribution < -0.4 is 15.4 Å². The van der Waals surface area contributed by atoms with Crippen LogP contribution in [0, 0.1) is 0 Å². The molecule has 0 saturated carbocycles. The number of fused-ring (bicyclic) bond motifs is 1. The smallest absolute Gasteiger partial charge is 0.244 e. The van der Waals surface area contributed by atoms with Gasteiger partial charge in [0.15, 0.2) is 0 Å². The summed E-state index contributed by atoms with van der Waals surface area (Å²) >= 11 is 0. The summed E-state index contributed by atoms with van der Waals surface area (Å²) in [5.74, 6) is 1.32. The molecule has 0 saturated heterocycles. The Bertz CT molecular complexity index is 981. The van der Waals surface area contributed by atoms with Crippen molar-refractivity contribution in [3.63, 3.8) is 0 Å². The summed E-state index contributed by atoms with van der Waals surface area (Å²) in [6.07, 6.45) is 1.42. The maximum absolute atomic E-state index is 12.6. The SMILES string of the molecule is COc1cccc(NC(=O)Cn2c(CCCNC(C)=O)nc3ccccc32)c1. The van der Waals surface area contributed by atoms with E-state index < -0.39 is 0 Å². The first kappa shape index (κ1) is 19.4. The fraction of sp³-hybridized carbons (Fsp3) is 0.286. The Kier molecular flexibility index (Phi) is 6.26. The van der Waals surface area contributed by atoms with Crippen LogP contribution in [-0.4, -0.2) is 35.0 Å². The number of hydrogen-bond donors (Lipinski definition) is 2. The van der Waals surface area contributed by atoms with Gasteiger partial charge >= 0.3 is 0 Å². The Morgan fingerprint density at radius 2 is 1.96 bits per heavy atom. The van der Waals surface area contributed by atoms with Gasteiger partial charge in [0.05, 0.1) is 18.1 Å². The zero-order chi connectivity index (χ0) is 19.9. The van der Waals surface area contributed by atoms with Crippen molar-refractivity contribution in [3.05, 3.63) is 54.4 Å². The van der Waals surface area contributed by atoms with Gasteiger partial charge in [-0.3, -0.25) is 9.59 Å².